The van der Waals surface area contributed by atoms with E-state index in [-0.39, 0.29) is 5.97 Å². The quantitative estimate of drug-likeness (QED) is 0.632. The fourth-order valence-corrected chi connectivity index (χ4v) is 2.54. The molecule has 4 nitrogen and oxygen atoms in total. The summed E-state index contributed by atoms with van der Waals surface area (Å²) in [6.07, 6.45) is 4.64. The Morgan fingerprint density at radius 2 is 2.28 bits per heavy atom. The van der Waals surface area contributed by atoms with Gasteiger partial charge in [-0.1, -0.05) is 0 Å². The van der Waals surface area contributed by atoms with Gasteiger partial charge in [0.25, 0.3) is 0 Å². The lowest BCUT2D eigenvalue weighted by Gasteiger charge is -2.15. The monoisotopic (exact) mass is 266 g/mol. The van der Waals surface area contributed by atoms with Crippen molar-refractivity contribution in [2.75, 3.05) is 31.0 Å². The summed E-state index contributed by atoms with van der Waals surface area (Å²) in [5.41, 5.74) is 7.86. The summed E-state index contributed by atoms with van der Waals surface area (Å²) >= 11 is 1.90. The number of nitrogens with one attached hydrogen (secondary N) is 1. The van der Waals surface area contributed by atoms with Crippen LogP contribution >= 0.6 is 11.8 Å². The molecule has 0 aliphatic heterocycles. The predicted molar refractivity (Wildman–Crippen MR) is 76.2 cm³/mol. The van der Waals surface area contributed by atoms with Crippen molar-refractivity contribution in [1.82, 2.24) is 0 Å². The lowest BCUT2D eigenvalue weighted by molar-refractivity contribution is 0.0601. The number of nitrogens with two attached hydrogens (primary N) is 1. The molecule has 0 bridgehead atoms. The summed E-state index contributed by atoms with van der Waals surface area (Å²) in [5.74, 6) is -0.365. The summed E-state index contributed by atoms with van der Waals surface area (Å²) in [6.45, 7) is 0.913. The van der Waals surface area contributed by atoms with E-state index in [9.17, 15) is 4.79 Å². The molecule has 98 valence electrons. The van der Waals surface area contributed by atoms with Crippen LogP contribution in [0.3, 0.4) is 0 Å². The maximum absolute atomic E-state index is 11.3. The van der Waals surface area contributed by atoms with Crippen LogP contribution in [-0.4, -0.2) is 30.6 Å². The predicted octanol–water partition coefficient (Wildman–Crippen LogP) is 2.36. The van der Waals surface area contributed by atoms with Crippen molar-refractivity contribution in [2.45, 2.75) is 17.6 Å². The van der Waals surface area contributed by atoms with Gasteiger partial charge in [0.1, 0.15) is 0 Å². The summed E-state index contributed by atoms with van der Waals surface area (Å²) in [4.78, 5) is 11.3. The molecule has 1 aromatic rings. The van der Waals surface area contributed by atoms with Crippen LogP contribution in [0.4, 0.5) is 11.4 Å². The largest absolute Gasteiger partial charge is 0.465 e. The molecule has 5 heteroatoms. The number of hydrogen-bond acceptors (Lipinski definition) is 5. The van der Waals surface area contributed by atoms with Crippen LogP contribution in [0, 0.1) is 0 Å². The number of thioether (sulfide) groups is 1. The van der Waals surface area contributed by atoms with Crippen LogP contribution in [-0.2, 0) is 4.74 Å². The minimum atomic E-state index is -0.365. The number of nitrogen functional groups attached to an aromatic ring is 1. The highest BCUT2D eigenvalue weighted by atomic mass is 32.2. The normalized spacial score (nSPS) is 16.1. The molecule has 18 heavy (non-hydrogen) atoms. The van der Waals surface area contributed by atoms with E-state index in [1.165, 1.54) is 20.0 Å². The van der Waals surface area contributed by atoms with Crippen LogP contribution < -0.4 is 11.1 Å². The van der Waals surface area contributed by atoms with Crippen molar-refractivity contribution >= 4 is 29.1 Å². The third-order valence-electron chi connectivity index (χ3n) is 3.31. The Bertz CT molecular complexity index is 458. The van der Waals surface area contributed by atoms with Crippen LogP contribution in [0.2, 0.25) is 0 Å². The van der Waals surface area contributed by atoms with E-state index in [0.717, 1.165) is 12.2 Å². The molecule has 0 atom stereocenters. The molecule has 2 rings (SSSR count). The fourth-order valence-electron chi connectivity index (χ4n) is 1.82. The van der Waals surface area contributed by atoms with Gasteiger partial charge in [0.2, 0.25) is 0 Å². The van der Waals surface area contributed by atoms with Crippen molar-refractivity contribution in [1.29, 1.82) is 0 Å². The highest BCUT2D eigenvalue weighted by molar-refractivity contribution is 8.00. The summed E-state index contributed by atoms with van der Waals surface area (Å²) in [5, 5.41) is 3.35. The number of esters is 1. The molecule has 1 saturated carbocycles. The highest BCUT2D eigenvalue weighted by Crippen LogP contribution is 2.47. The first-order valence-corrected chi connectivity index (χ1v) is 7.09. The van der Waals surface area contributed by atoms with Gasteiger partial charge >= 0.3 is 5.97 Å². The number of methoxy groups -OCH3 is 1. The van der Waals surface area contributed by atoms with E-state index in [0.29, 0.717) is 16.0 Å². The summed E-state index contributed by atoms with van der Waals surface area (Å²) in [6, 6.07) is 5.20. The van der Waals surface area contributed by atoms with E-state index in [1.54, 1.807) is 12.1 Å². The number of benzene rings is 1. The van der Waals surface area contributed by atoms with Gasteiger partial charge in [0.05, 0.1) is 24.0 Å². The highest BCUT2D eigenvalue weighted by Gasteiger charge is 2.41. The average molecular weight is 266 g/mol. The molecule has 0 radical (unpaired) electrons. The van der Waals surface area contributed by atoms with Crippen LogP contribution in [0.25, 0.3) is 0 Å². The van der Waals surface area contributed by atoms with Gasteiger partial charge in [-0.25, -0.2) is 4.79 Å². The van der Waals surface area contributed by atoms with E-state index in [2.05, 4.69) is 16.3 Å². The smallest absolute Gasteiger partial charge is 0.337 e. The van der Waals surface area contributed by atoms with Gasteiger partial charge in [-0.15, -0.1) is 0 Å². The standard InChI is InChI=1S/C13H18N2O2S/c1-17-12(16)9-3-4-11(10(14)7-9)15-8-13(18-2)5-6-13/h3-4,7,15H,5-6,8,14H2,1-2H3. The molecule has 1 aliphatic carbocycles. The molecule has 0 unspecified atom stereocenters. The molecule has 0 saturated heterocycles. The van der Waals surface area contributed by atoms with Gasteiger partial charge in [-0.3, -0.25) is 0 Å². The minimum absolute atomic E-state index is 0.365. The fraction of sp³-hybridized carbons (Fsp3) is 0.462. The second-order valence-corrected chi connectivity index (χ2v) is 5.81. The number of carbonyl (C=O) groups excluding carboxylic acids is 1. The number of anilines is 2. The van der Waals surface area contributed by atoms with Gasteiger partial charge < -0.3 is 15.8 Å². The van der Waals surface area contributed by atoms with E-state index in [1.807, 2.05) is 17.8 Å². The molecular formula is C13H18N2O2S. The van der Waals surface area contributed by atoms with E-state index < -0.39 is 0 Å². The molecular weight excluding hydrogens is 248 g/mol. The molecule has 1 aliphatic rings. The first-order valence-electron chi connectivity index (χ1n) is 5.87. The molecule has 0 spiro atoms. The number of rotatable bonds is 5. The summed E-state index contributed by atoms with van der Waals surface area (Å²) < 4.78 is 5.04. The third kappa shape index (κ3) is 2.72. The Morgan fingerprint density at radius 3 is 2.78 bits per heavy atom. The molecule has 1 aromatic carbocycles. The minimum Gasteiger partial charge on any atom is -0.465 e. The van der Waals surface area contributed by atoms with Crippen LogP contribution in [0.15, 0.2) is 18.2 Å². The van der Waals surface area contributed by atoms with Gasteiger partial charge in [0.15, 0.2) is 0 Å². The number of ether oxygens (including phenoxy) is 1. The lowest BCUT2D eigenvalue weighted by Crippen LogP contribution is -2.18. The first kappa shape index (κ1) is 13.1. The maximum Gasteiger partial charge on any atom is 0.337 e. The zero-order chi connectivity index (χ0) is 13.2. The average Bonchev–Trinajstić information content (AvgIpc) is 3.17. The molecule has 0 heterocycles. The third-order valence-corrected chi connectivity index (χ3v) is 4.73. The van der Waals surface area contributed by atoms with E-state index in [4.69, 9.17) is 5.73 Å². The van der Waals surface area contributed by atoms with Crippen molar-refractivity contribution in [3.05, 3.63) is 23.8 Å². The number of hydrogen-bond donors (Lipinski definition) is 2. The van der Waals surface area contributed by atoms with E-state index >= 15 is 0 Å². The Hall–Kier alpha value is -1.36. The lowest BCUT2D eigenvalue weighted by atomic mass is 10.1. The maximum atomic E-state index is 11.3. The van der Waals surface area contributed by atoms with Gasteiger partial charge in [-0.05, 0) is 37.3 Å². The SMILES string of the molecule is COC(=O)c1ccc(NCC2(SC)CC2)c(N)c1. The second kappa shape index (κ2) is 5.10. The van der Waals surface area contributed by atoms with Gasteiger partial charge in [0, 0.05) is 11.3 Å². The number of carbonyl (C=O) groups is 1. The van der Waals surface area contributed by atoms with Crippen molar-refractivity contribution in [3.8, 4) is 0 Å². The molecule has 3 N–H and O–H groups in total. The molecule has 1 fully saturated rings. The van der Waals surface area contributed by atoms with Gasteiger partial charge in [-0.2, -0.15) is 11.8 Å². The Balaban J connectivity index is 2.03. The van der Waals surface area contributed by atoms with Crippen LogP contribution in [0.1, 0.15) is 23.2 Å². The first-order chi connectivity index (χ1) is 8.60. The zero-order valence-corrected chi connectivity index (χ0v) is 11.5. The van der Waals surface area contributed by atoms with Crippen molar-refractivity contribution < 1.29 is 9.53 Å². The Labute approximate surface area is 111 Å². The molecule has 0 amide bonds. The molecule has 0 aromatic heterocycles. The Morgan fingerprint density at radius 1 is 1.56 bits per heavy atom. The second-order valence-electron chi connectivity index (χ2n) is 4.53. The topological polar surface area (TPSA) is 64.3 Å². The van der Waals surface area contributed by atoms with Crippen molar-refractivity contribution in [2.24, 2.45) is 0 Å². The Kier molecular flexibility index (Phi) is 3.71. The van der Waals surface area contributed by atoms with Crippen molar-refractivity contribution in [3.63, 3.8) is 0 Å². The zero-order valence-electron chi connectivity index (χ0n) is 10.7. The summed E-state index contributed by atoms with van der Waals surface area (Å²) in [7, 11) is 1.36. The van der Waals surface area contributed by atoms with Crippen LogP contribution in [0.5, 0.6) is 0 Å².